The van der Waals surface area contributed by atoms with E-state index in [9.17, 15) is 14.4 Å². The Balaban J connectivity index is 1.34. The van der Waals surface area contributed by atoms with Gasteiger partial charge in [-0.3, -0.25) is 19.3 Å². The molecular formula is C27H24N2O4S. The molecule has 1 fully saturated rings. The van der Waals surface area contributed by atoms with E-state index < -0.39 is 0 Å². The molecule has 4 rings (SSSR count). The smallest absolute Gasteiger partial charge is 0.293 e. The van der Waals surface area contributed by atoms with Gasteiger partial charge in [0.15, 0.2) is 6.61 Å². The molecular weight excluding hydrogens is 448 g/mol. The van der Waals surface area contributed by atoms with Crippen molar-refractivity contribution in [3.8, 4) is 5.75 Å². The fourth-order valence-corrected chi connectivity index (χ4v) is 4.21. The van der Waals surface area contributed by atoms with Gasteiger partial charge in [0.05, 0.1) is 11.4 Å². The predicted octanol–water partition coefficient (Wildman–Crippen LogP) is 5.56. The lowest BCUT2D eigenvalue weighted by molar-refractivity contribution is -0.123. The van der Waals surface area contributed by atoms with Crippen molar-refractivity contribution in [3.05, 3.63) is 100.0 Å². The molecule has 0 unspecified atom stereocenters. The minimum atomic E-state index is -0.302. The van der Waals surface area contributed by atoms with Gasteiger partial charge in [0, 0.05) is 5.69 Å². The molecule has 1 saturated heterocycles. The van der Waals surface area contributed by atoms with E-state index in [1.165, 1.54) is 4.90 Å². The molecule has 3 aromatic carbocycles. The summed E-state index contributed by atoms with van der Waals surface area (Å²) in [6.07, 6.45) is 1.69. The van der Waals surface area contributed by atoms with Crippen LogP contribution < -0.4 is 10.1 Å². The maximum atomic E-state index is 12.8. The highest BCUT2D eigenvalue weighted by Crippen LogP contribution is 2.33. The molecule has 3 aromatic rings. The van der Waals surface area contributed by atoms with Gasteiger partial charge >= 0.3 is 0 Å². The second kappa shape index (κ2) is 10.4. The third kappa shape index (κ3) is 5.74. The van der Waals surface area contributed by atoms with Crippen molar-refractivity contribution in [1.29, 1.82) is 0 Å². The van der Waals surface area contributed by atoms with Crippen LogP contribution in [0.25, 0.3) is 6.08 Å². The van der Waals surface area contributed by atoms with E-state index in [4.69, 9.17) is 4.74 Å². The molecule has 1 aliphatic heterocycles. The number of carbonyl (C=O) groups excluding carboxylic acids is 3. The number of imide groups is 1. The predicted molar refractivity (Wildman–Crippen MR) is 134 cm³/mol. The molecule has 0 spiro atoms. The van der Waals surface area contributed by atoms with Gasteiger partial charge in [-0.2, -0.15) is 0 Å². The Morgan fingerprint density at radius 1 is 0.971 bits per heavy atom. The van der Waals surface area contributed by atoms with Crippen LogP contribution in [0.2, 0.25) is 0 Å². The summed E-state index contributed by atoms with van der Waals surface area (Å²) in [5, 5.41) is 2.54. The number of aryl methyl sites for hydroxylation is 2. The van der Waals surface area contributed by atoms with E-state index in [1.807, 2.05) is 62.4 Å². The average Bonchev–Trinajstić information content (AvgIpc) is 3.09. The highest BCUT2D eigenvalue weighted by molar-refractivity contribution is 8.18. The molecule has 1 heterocycles. The van der Waals surface area contributed by atoms with E-state index in [0.717, 1.165) is 39.7 Å². The monoisotopic (exact) mass is 472 g/mol. The lowest BCUT2D eigenvalue weighted by atomic mass is 10.1. The maximum absolute atomic E-state index is 12.8. The second-order valence-corrected chi connectivity index (χ2v) is 8.97. The molecule has 1 N–H and O–H groups in total. The molecule has 0 saturated carbocycles. The van der Waals surface area contributed by atoms with Gasteiger partial charge < -0.3 is 10.1 Å². The lowest BCUT2D eigenvalue weighted by Gasteiger charge is -2.12. The summed E-state index contributed by atoms with van der Waals surface area (Å²) in [6.45, 7) is 4.04. The van der Waals surface area contributed by atoms with Crippen LogP contribution in [-0.4, -0.2) is 28.6 Å². The van der Waals surface area contributed by atoms with E-state index >= 15 is 0 Å². The largest absolute Gasteiger partial charge is 0.484 e. The molecule has 34 heavy (non-hydrogen) atoms. The minimum Gasteiger partial charge on any atom is -0.484 e. The number of thioether (sulfide) groups is 1. The zero-order chi connectivity index (χ0) is 24.1. The molecule has 0 aliphatic carbocycles. The second-order valence-electron chi connectivity index (χ2n) is 7.97. The SMILES string of the molecule is Cc1ccc(CN2C(=O)SC(=Cc3ccc(OCC(=O)Nc4ccccc4C)cc3)C2=O)cc1. The number of carbonyl (C=O) groups is 3. The molecule has 0 bridgehead atoms. The Bertz CT molecular complexity index is 1250. The topological polar surface area (TPSA) is 75.7 Å². The number of nitrogens with one attached hydrogen (secondary N) is 1. The van der Waals surface area contributed by atoms with Gasteiger partial charge in [-0.25, -0.2) is 0 Å². The van der Waals surface area contributed by atoms with Crippen molar-refractivity contribution in [2.24, 2.45) is 0 Å². The Morgan fingerprint density at radius 2 is 1.68 bits per heavy atom. The summed E-state index contributed by atoms with van der Waals surface area (Å²) in [7, 11) is 0. The van der Waals surface area contributed by atoms with Crippen LogP contribution in [0.4, 0.5) is 10.5 Å². The number of anilines is 1. The van der Waals surface area contributed by atoms with Crippen LogP contribution in [0.5, 0.6) is 5.75 Å². The van der Waals surface area contributed by atoms with E-state index in [-0.39, 0.29) is 30.2 Å². The van der Waals surface area contributed by atoms with Gasteiger partial charge in [0.25, 0.3) is 17.1 Å². The molecule has 0 atom stereocenters. The molecule has 0 aromatic heterocycles. The minimum absolute atomic E-state index is 0.119. The lowest BCUT2D eigenvalue weighted by Crippen LogP contribution is -2.27. The van der Waals surface area contributed by atoms with Crippen LogP contribution >= 0.6 is 11.8 Å². The molecule has 172 valence electrons. The number of nitrogens with zero attached hydrogens (tertiary/aromatic N) is 1. The number of rotatable bonds is 7. The van der Waals surface area contributed by atoms with Crippen molar-refractivity contribution >= 4 is 40.6 Å². The molecule has 3 amide bonds. The normalized spacial score (nSPS) is 14.5. The Hall–Kier alpha value is -3.84. The van der Waals surface area contributed by atoms with Crippen LogP contribution in [-0.2, 0) is 16.1 Å². The summed E-state index contributed by atoms with van der Waals surface area (Å²) in [5.74, 6) is -0.0195. The first-order valence-electron chi connectivity index (χ1n) is 10.8. The third-order valence-corrected chi connectivity index (χ3v) is 6.21. The van der Waals surface area contributed by atoms with E-state index in [1.54, 1.807) is 30.3 Å². The van der Waals surface area contributed by atoms with Gasteiger partial charge in [-0.05, 0) is 66.6 Å². The van der Waals surface area contributed by atoms with Gasteiger partial charge in [-0.1, -0.05) is 60.2 Å². The summed E-state index contributed by atoms with van der Waals surface area (Å²) in [6, 6.07) is 22.3. The zero-order valence-electron chi connectivity index (χ0n) is 18.9. The van der Waals surface area contributed by atoms with Crippen molar-refractivity contribution in [3.63, 3.8) is 0 Å². The average molecular weight is 473 g/mol. The van der Waals surface area contributed by atoms with Crippen molar-refractivity contribution in [2.75, 3.05) is 11.9 Å². The number of amides is 3. The summed E-state index contributed by atoms with van der Waals surface area (Å²) in [5.41, 5.74) is 4.52. The number of hydrogen-bond donors (Lipinski definition) is 1. The summed E-state index contributed by atoms with van der Waals surface area (Å²) in [4.78, 5) is 38.9. The first-order valence-corrected chi connectivity index (χ1v) is 11.6. The zero-order valence-corrected chi connectivity index (χ0v) is 19.7. The Labute approximate surface area is 202 Å². The highest BCUT2D eigenvalue weighted by Gasteiger charge is 2.34. The highest BCUT2D eigenvalue weighted by atomic mass is 32.2. The summed E-state index contributed by atoms with van der Waals surface area (Å²) >= 11 is 0.934. The third-order valence-electron chi connectivity index (χ3n) is 5.30. The number of para-hydroxylation sites is 1. The number of hydrogen-bond acceptors (Lipinski definition) is 5. The molecule has 1 aliphatic rings. The van der Waals surface area contributed by atoms with Gasteiger partial charge in [0.2, 0.25) is 0 Å². The molecule has 7 heteroatoms. The first-order chi connectivity index (χ1) is 16.4. The maximum Gasteiger partial charge on any atom is 0.293 e. The molecule has 0 radical (unpaired) electrons. The van der Waals surface area contributed by atoms with Crippen LogP contribution in [0.1, 0.15) is 22.3 Å². The van der Waals surface area contributed by atoms with Crippen LogP contribution in [0.3, 0.4) is 0 Å². The van der Waals surface area contributed by atoms with Gasteiger partial charge in [0.1, 0.15) is 5.75 Å². The fraction of sp³-hybridized carbons (Fsp3) is 0.148. The molecule has 6 nitrogen and oxygen atoms in total. The Morgan fingerprint density at radius 3 is 2.38 bits per heavy atom. The number of benzene rings is 3. The fourth-order valence-electron chi connectivity index (χ4n) is 3.37. The first kappa shape index (κ1) is 23.3. The van der Waals surface area contributed by atoms with Crippen molar-refractivity contribution in [1.82, 2.24) is 4.90 Å². The quantitative estimate of drug-likeness (QED) is 0.456. The van der Waals surface area contributed by atoms with E-state index in [2.05, 4.69) is 5.32 Å². The van der Waals surface area contributed by atoms with Crippen LogP contribution in [0, 0.1) is 13.8 Å². The number of ether oxygens (including phenoxy) is 1. The van der Waals surface area contributed by atoms with Crippen molar-refractivity contribution < 1.29 is 19.1 Å². The Kier molecular flexibility index (Phi) is 7.13. The summed E-state index contributed by atoms with van der Waals surface area (Å²) < 4.78 is 5.57. The van der Waals surface area contributed by atoms with Gasteiger partial charge in [-0.15, -0.1) is 0 Å². The van der Waals surface area contributed by atoms with Crippen LogP contribution in [0.15, 0.2) is 77.7 Å². The van der Waals surface area contributed by atoms with Crippen molar-refractivity contribution in [2.45, 2.75) is 20.4 Å². The standard InChI is InChI=1S/C27H24N2O4S/c1-18-7-9-21(10-8-18)16-29-26(31)24(34-27(29)32)15-20-11-13-22(14-12-20)33-17-25(30)28-23-6-4-3-5-19(23)2/h3-15H,16-17H2,1-2H3,(H,28,30). The van der Waals surface area contributed by atoms with E-state index in [0.29, 0.717) is 10.7 Å².